The molecule has 0 saturated carbocycles. The summed E-state index contributed by atoms with van der Waals surface area (Å²) in [6, 6.07) is 20.5. The first kappa shape index (κ1) is 23.5. The summed E-state index contributed by atoms with van der Waals surface area (Å²) in [7, 11) is 0. The second-order valence-corrected chi connectivity index (χ2v) is 8.62. The summed E-state index contributed by atoms with van der Waals surface area (Å²) in [6.45, 7) is 0.195. The molecule has 5 rings (SSSR count). The molecule has 4 N–H and O–H groups in total. The molecule has 1 aliphatic carbocycles. The van der Waals surface area contributed by atoms with E-state index in [1.54, 1.807) is 0 Å². The number of nitrogens with one attached hydrogen (secondary N) is 2. The highest BCUT2D eigenvalue weighted by Crippen LogP contribution is 2.44. The molecule has 9 nitrogen and oxygen atoms in total. The summed E-state index contributed by atoms with van der Waals surface area (Å²) in [5.41, 5.74) is 3.86. The number of ether oxygens (including phenoxy) is 1. The van der Waals surface area contributed by atoms with Crippen LogP contribution in [0.1, 0.15) is 35.1 Å². The van der Waals surface area contributed by atoms with Gasteiger partial charge in [-0.05, 0) is 40.3 Å². The molecule has 1 amide bonds. The van der Waals surface area contributed by atoms with Gasteiger partial charge < -0.3 is 24.7 Å². The standard InChI is InChI=1S/C27H24N2O7/c30-22(24(31)19-10-5-11-21-23(19)25(32)36-27(34)29-21)12-13-28-26(33)35-14-20-17-8-3-1-6-15(17)16-7-2-4-9-18(16)20/h1-11,20,22,24,30-31H,12-14H2,(H,28,33)(H,29,34). The molecule has 1 heterocycles. The zero-order valence-electron chi connectivity index (χ0n) is 19.1. The Morgan fingerprint density at radius 2 is 1.64 bits per heavy atom. The summed E-state index contributed by atoms with van der Waals surface area (Å²) >= 11 is 0. The largest absolute Gasteiger partial charge is 0.449 e. The Kier molecular flexibility index (Phi) is 6.41. The molecule has 3 aromatic carbocycles. The number of hydrogen-bond acceptors (Lipinski definition) is 7. The molecule has 36 heavy (non-hydrogen) atoms. The van der Waals surface area contributed by atoms with Crippen molar-refractivity contribution in [3.05, 3.63) is 104 Å². The van der Waals surface area contributed by atoms with Gasteiger partial charge in [0.25, 0.3) is 0 Å². The lowest BCUT2D eigenvalue weighted by atomic mass is 9.98. The van der Waals surface area contributed by atoms with Gasteiger partial charge in [0.05, 0.1) is 17.0 Å². The Balaban J connectivity index is 1.18. The molecule has 1 aliphatic rings. The van der Waals surface area contributed by atoms with Crippen molar-refractivity contribution in [1.29, 1.82) is 0 Å². The highest BCUT2D eigenvalue weighted by molar-refractivity contribution is 5.81. The molecular weight excluding hydrogens is 464 g/mol. The first-order valence-electron chi connectivity index (χ1n) is 11.5. The number of benzene rings is 3. The molecule has 0 saturated heterocycles. The van der Waals surface area contributed by atoms with E-state index in [1.165, 1.54) is 18.2 Å². The molecule has 0 fully saturated rings. The topological polar surface area (TPSA) is 142 Å². The number of aromatic nitrogens is 1. The first-order valence-corrected chi connectivity index (χ1v) is 11.5. The number of rotatable bonds is 7. The fourth-order valence-corrected chi connectivity index (χ4v) is 4.76. The van der Waals surface area contributed by atoms with Crippen molar-refractivity contribution in [3.8, 4) is 11.1 Å². The van der Waals surface area contributed by atoms with Gasteiger partial charge in [-0.1, -0.05) is 60.7 Å². The summed E-state index contributed by atoms with van der Waals surface area (Å²) in [6.07, 6.45) is -3.37. The van der Waals surface area contributed by atoms with Crippen molar-refractivity contribution in [2.75, 3.05) is 13.2 Å². The predicted octanol–water partition coefficient (Wildman–Crippen LogP) is 2.80. The summed E-state index contributed by atoms with van der Waals surface area (Å²) in [4.78, 5) is 38.2. The van der Waals surface area contributed by atoms with Gasteiger partial charge in [-0.15, -0.1) is 0 Å². The van der Waals surface area contributed by atoms with Crippen LogP contribution in [0, 0.1) is 0 Å². The van der Waals surface area contributed by atoms with Crippen molar-refractivity contribution in [2.45, 2.75) is 24.5 Å². The molecule has 4 aromatic rings. The zero-order chi connectivity index (χ0) is 25.2. The van der Waals surface area contributed by atoms with Crippen LogP contribution in [0.3, 0.4) is 0 Å². The van der Waals surface area contributed by atoms with Crippen molar-refractivity contribution in [2.24, 2.45) is 0 Å². The maximum Gasteiger partial charge on any atom is 0.419 e. The smallest absolute Gasteiger partial charge is 0.419 e. The van der Waals surface area contributed by atoms with Crippen LogP contribution in [-0.2, 0) is 4.74 Å². The van der Waals surface area contributed by atoms with Crippen LogP contribution in [-0.4, -0.2) is 40.5 Å². The number of amides is 1. The second kappa shape index (κ2) is 9.80. The number of alkyl carbamates (subject to hydrolysis) is 1. The fourth-order valence-electron chi connectivity index (χ4n) is 4.76. The minimum atomic E-state index is -1.44. The van der Waals surface area contributed by atoms with Crippen LogP contribution >= 0.6 is 0 Å². The van der Waals surface area contributed by atoms with Crippen molar-refractivity contribution in [3.63, 3.8) is 0 Å². The molecule has 184 valence electrons. The Bertz CT molecular complexity index is 1500. The number of aliphatic hydroxyl groups is 2. The Morgan fingerprint density at radius 3 is 2.33 bits per heavy atom. The van der Waals surface area contributed by atoms with Gasteiger partial charge in [-0.25, -0.2) is 14.4 Å². The summed E-state index contributed by atoms with van der Waals surface area (Å²) in [5, 5.41) is 23.6. The number of H-pyrrole nitrogens is 1. The number of aliphatic hydroxyl groups excluding tert-OH is 2. The third-order valence-electron chi connectivity index (χ3n) is 6.46. The van der Waals surface area contributed by atoms with Gasteiger partial charge in [0.1, 0.15) is 12.7 Å². The first-order chi connectivity index (χ1) is 17.4. The van der Waals surface area contributed by atoms with Crippen LogP contribution in [0.25, 0.3) is 22.0 Å². The van der Waals surface area contributed by atoms with Crippen LogP contribution in [0.15, 0.2) is 80.7 Å². The zero-order valence-corrected chi connectivity index (χ0v) is 19.1. The van der Waals surface area contributed by atoms with Gasteiger partial charge >= 0.3 is 17.5 Å². The van der Waals surface area contributed by atoms with E-state index in [0.29, 0.717) is 0 Å². The van der Waals surface area contributed by atoms with E-state index in [-0.39, 0.29) is 42.0 Å². The molecule has 0 aliphatic heterocycles. The van der Waals surface area contributed by atoms with E-state index in [0.717, 1.165) is 22.3 Å². The maximum atomic E-state index is 12.3. The van der Waals surface area contributed by atoms with E-state index in [1.807, 2.05) is 36.4 Å². The van der Waals surface area contributed by atoms with Gasteiger partial charge in [0, 0.05) is 12.5 Å². The average molecular weight is 488 g/mol. The van der Waals surface area contributed by atoms with Gasteiger partial charge in [-0.3, -0.25) is 4.98 Å². The predicted molar refractivity (Wildman–Crippen MR) is 132 cm³/mol. The van der Waals surface area contributed by atoms with Crippen LogP contribution in [0.4, 0.5) is 4.79 Å². The van der Waals surface area contributed by atoms with Crippen LogP contribution in [0.5, 0.6) is 0 Å². The third kappa shape index (κ3) is 4.41. The lowest BCUT2D eigenvalue weighted by molar-refractivity contribution is 0.0144. The second-order valence-electron chi connectivity index (χ2n) is 8.62. The van der Waals surface area contributed by atoms with E-state index in [4.69, 9.17) is 4.74 Å². The summed E-state index contributed by atoms with van der Waals surface area (Å²) in [5.74, 6) is -0.980. The lowest BCUT2D eigenvalue weighted by Crippen LogP contribution is -2.31. The van der Waals surface area contributed by atoms with E-state index in [2.05, 4.69) is 26.9 Å². The Morgan fingerprint density at radius 1 is 0.972 bits per heavy atom. The number of carbonyl (C=O) groups excluding carboxylic acids is 1. The third-order valence-corrected chi connectivity index (χ3v) is 6.46. The Hall–Kier alpha value is -4.21. The highest BCUT2D eigenvalue weighted by atomic mass is 16.5. The number of aromatic amines is 1. The van der Waals surface area contributed by atoms with Gasteiger partial charge in [-0.2, -0.15) is 0 Å². The van der Waals surface area contributed by atoms with Crippen LogP contribution in [0.2, 0.25) is 0 Å². The molecule has 0 spiro atoms. The SMILES string of the molecule is O=C(NCCC(O)C(O)c1cccc2[nH]c(=O)oc(=O)c12)OCC1c2ccccc2-c2ccccc21. The Labute approximate surface area is 205 Å². The molecule has 0 bridgehead atoms. The maximum absolute atomic E-state index is 12.3. The van der Waals surface area contributed by atoms with Gasteiger partial charge in [0.2, 0.25) is 0 Å². The minimum Gasteiger partial charge on any atom is -0.449 e. The van der Waals surface area contributed by atoms with Crippen molar-refractivity contribution in [1.82, 2.24) is 10.3 Å². The molecule has 1 aromatic heterocycles. The number of hydrogen-bond donors (Lipinski definition) is 4. The number of carbonyl (C=O) groups is 1. The quantitative estimate of drug-likeness (QED) is 0.313. The van der Waals surface area contributed by atoms with Gasteiger partial charge in [0.15, 0.2) is 0 Å². The molecular formula is C27H24N2O7. The molecule has 2 unspecified atom stereocenters. The molecule has 0 radical (unpaired) electrons. The molecule has 2 atom stereocenters. The monoisotopic (exact) mass is 488 g/mol. The van der Waals surface area contributed by atoms with Crippen molar-refractivity contribution >= 4 is 17.0 Å². The van der Waals surface area contributed by atoms with Crippen molar-refractivity contribution < 1.29 is 24.2 Å². The lowest BCUT2D eigenvalue weighted by Gasteiger charge is -2.19. The van der Waals surface area contributed by atoms with E-state index >= 15 is 0 Å². The van der Waals surface area contributed by atoms with E-state index < -0.39 is 29.7 Å². The average Bonchev–Trinajstić information content (AvgIpc) is 3.20. The highest BCUT2D eigenvalue weighted by Gasteiger charge is 2.29. The minimum absolute atomic E-state index is 0.00354. The fraction of sp³-hybridized carbons (Fsp3) is 0.222. The number of fused-ring (bicyclic) bond motifs is 4. The summed E-state index contributed by atoms with van der Waals surface area (Å²) < 4.78 is 10.0. The van der Waals surface area contributed by atoms with E-state index in [9.17, 15) is 24.6 Å². The van der Waals surface area contributed by atoms with Crippen LogP contribution < -0.4 is 16.7 Å². The normalized spacial score (nSPS) is 14.2. The molecule has 9 heteroatoms.